The van der Waals surface area contributed by atoms with Gasteiger partial charge in [-0.25, -0.2) is 0 Å². The standard InChI is InChI=1S/C22H28N2O2/c1-14(2)11-24(12-15(3)4)13-19-21(25)18-10-9-16-7-5-6-8-17(16)20(18)23-22(19)26/h5-10,14-15H,11-13H2,1-4H3,(H2,23,25,26). The van der Waals surface area contributed by atoms with Gasteiger partial charge < -0.3 is 10.1 Å². The molecule has 0 bridgehead atoms. The first-order chi connectivity index (χ1) is 12.4. The Morgan fingerprint density at radius 2 is 1.62 bits per heavy atom. The van der Waals surface area contributed by atoms with Gasteiger partial charge in [-0.15, -0.1) is 0 Å². The summed E-state index contributed by atoms with van der Waals surface area (Å²) in [4.78, 5) is 18.0. The summed E-state index contributed by atoms with van der Waals surface area (Å²) >= 11 is 0. The molecule has 1 heterocycles. The molecule has 0 spiro atoms. The van der Waals surface area contributed by atoms with E-state index < -0.39 is 0 Å². The Kier molecular flexibility index (Phi) is 5.33. The van der Waals surface area contributed by atoms with E-state index in [0.29, 0.717) is 34.8 Å². The molecule has 0 aliphatic heterocycles. The maximum atomic E-state index is 12.8. The van der Waals surface area contributed by atoms with Crippen molar-refractivity contribution in [3.8, 4) is 5.75 Å². The lowest BCUT2D eigenvalue weighted by Gasteiger charge is -2.26. The zero-order valence-electron chi connectivity index (χ0n) is 16.0. The largest absolute Gasteiger partial charge is 0.507 e. The van der Waals surface area contributed by atoms with Gasteiger partial charge in [0.15, 0.2) is 0 Å². The number of pyridine rings is 1. The van der Waals surface area contributed by atoms with Crippen LogP contribution >= 0.6 is 0 Å². The Morgan fingerprint density at radius 1 is 0.962 bits per heavy atom. The molecule has 2 aromatic carbocycles. The van der Waals surface area contributed by atoms with E-state index in [2.05, 4.69) is 37.6 Å². The summed E-state index contributed by atoms with van der Waals surface area (Å²) in [7, 11) is 0. The molecule has 0 aliphatic carbocycles. The Labute approximate surface area is 154 Å². The lowest BCUT2D eigenvalue weighted by atomic mass is 10.0. The Balaban J connectivity index is 2.08. The molecule has 4 nitrogen and oxygen atoms in total. The predicted molar refractivity (Wildman–Crippen MR) is 109 cm³/mol. The molecule has 1 aromatic heterocycles. The van der Waals surface area contributed by atoms with Crippen molar-refractivity contribution in [1.82, 2.24) is 9.88 Å². The molecule has 0 radical (unpaired) electrons. The van der Waals surface area contributed by atoms with Crippen molar-refractivity contribution >= 4 is 21.7 Å². The van der Waals surface area contributed by atoms with E-state index in [-0.39, 0.29) is 11.3 Å². The molecule has 3 aromatic rings. The molecule has 138 valence electrons. The normalized spacial score (nSPS) is 12.1. The van der Waals surface area contributed by atoms with Crippen molar-refractivity contribution < 1.29 is 5.11 Å². The zero-order chi connectivity index (χ0) is 18.8. The second-order valence-corrected chi connectivity index (χ2v) is 7.97. The van der Waals surface area contributed by atoms with Crippen LogP contribution in [0.5, 0.6) is 5.75 Å². The molecular formula is C22H28N2O2. The van der Waals surface area contributed by atoms with Crippen LogP contribution in [0.4, 0.5) is 0 Å². The number of H-pyrrole nitrogens is 1. The van der Waals surface area contributed by atoms with Gasteiger partial charge in [-0.05, 0) is 23.3 Å². The van der Waals surface area contributed by atoms with Gasteiger partial charge in [-0.3, -0.25) is 9.69 Å². The number of benzene rings is 2. The maximum absolute atomic E-state index is 12.8. The third kappa shape index (κ3) is 3.75. The van der Waals surface area contributed by atoms with Gasteiger partial charge in [-0.1, -0.05) is 58.0 Å². The quantitative estimate of drug-likeness (QED) is 0.642. The van der Waals surface area contributed by atoms with Gasteiger partial charge in [0.25, 0.3) is 5.56 Å². The first kappa shape index (κ1) is 18.5. The molecule has 26 heavy (non-hydrogen) atoms. The summed E-state index contributed by atoms with van der Waals surface area (Å²) in [6.45, 7) is 10.9. The fraction of sp³-hybridized carbons (Fsp3) is 0.409. The van der Waals surface area contributed by atoms with Crippen molar-refractivity contribution in [2.24, 2.45) is 11.8 Å². The number of rotatable bonds is 6. The molecule has 0 saturated carbocycles. The summed E-state index contributed by atoms with van der Waals surface area (Å²) in [6, 6.07) is 11.8. The van der Waals surface area contributed by atoms with Crippen LogP contribution in [0.15, 0.2) is 41.2 Å². The third-order valence-electron chi connectivity index (χ3n) is 4.61. The van der Waals surface area contributed by atoms with Crippen LogP contribution in [0, 0.1) is 11.8 Å². The zero-order valence-corrected chi connectivity index (χ0v) is 16.0. The summed E-state index contributed by atoms with van der Waals surface area (Å²) < 4.78 is 0. The van der Waals surface area contributed by atoms with Gasteiger partial charge in [0.1, 0.15) is 5.75 Å². The van der Waals surface area contributed by atoms with Gasteiger partial charge in [0.2, 0.25) is 0 Å². The number of aromatic hydroxyl groups is 1. The van der Waals surface area contributed by atoms with E-state index in [4.69, 9.17) is 0 Å². The highest BCUT2D eigenvalue weighted by molar-refractivity contribution is 6.07. The van der Waals surface area contributed by atoms with Crippen molar-refractivity contribution in [1.29, 1.82) is 0 Å². The number of nitrogens with zero attached hydrogens (tertiary/aromatic N) is 1. The van der Waals surface area contributed by atoms with Crippen LogP contribution in [0.1, 0.15) is 33.3 Å². The van der Waals surface area contributed by atoms with Crippen molar-refractivity contribution in [3.05, 3.63) is 52.3 Å². The Hall–Kier alpha value is -2.33. The SMILES string of the molecule is CC(C)CN(Cc1c(O)c2ccc3ccccc3c2[nH]c1=O)CC(C)C. The third-order valence-corrected chi connectivity index (χ3v) is 4.61. The van der Waals surface area contributed by atoms with E-state index in [1.807, 2.05) is 36.4 Å². The molecule has 4 heteroatoms. The minimum Gasteiger partial charge on any atom is -0.507 e. The fourth-order valence-corrected chi connectivity index (χ4v) is 3.67. The lowest BCUT2D eigenvalue weighted by molar-refractivity contribution is 0.208. The summed E-state index contributed by atoms with van der Waals surface area (Å²) in [5.74, 6) is 1.10. The number of nitrogens with one attached hydrogen (secondary N) is 1. The molecule has 0 aliphatic rings. The number of hydrogen-bond donors (Lipinski definition) is 2. The number of aromatic nitrogens is 1. The van der Waals surface area contributed by atoms with Crippen LogP contribution in [-0.4, -0.2) is 28.1 Å². The monoisotopic (exact) mass is 352 g/mol. The average molecular weight is 352 g/mol. The highest BCUT2D eigenvalue weighted by Crippen LogP contribution is 2.31. The molecule has 2 N–H and O–H groups in total. The van der Waals surface area contributed by atoms with Crippen LogP contribution < -0.4 is 5.56 Å². The topological polar surface area (TPSA) is 56.3 Å². The van der Waals surface area contributed by atoms with Crippen LogP contribution in [0.25, 0.3) is 21.7 Å². The van der Waals surface area contributed by atoms with Crippen LogP contribution in [-0.2, 0) is 6.54 Å². The predicted octanol–water partition coefficient (Wildman–Crippen LogP) is 4.50. The van der Waals surface area contributed by atoms with Gasteiger partial charge in [0, 0.05) is 30.4 Å². The second-order valence-electron chi connectivity index (χ2n) is 7.97. The maximum Gasteiger partial charge on any atom is 0.256 e. The summed E-state index contributed by atoms with van der Waals surface area (Å²) in [5.41, 5.74) is 0.951. The van der Waals surface area contributed by atoms with E-state index in [0.717, 1.165) is 23.9 Å². The molecule has 0 amide bonds. The number of fused-ring (bicyclic) bond motifs is 3. The van der Waals surface area contributed by atoms with E-state index >= 15 is 0 Å². The highest BCUT2D eigenvalue weighted by atomic mass is 16.3. The van der Waals surface area contributed by atoms with Gasteiger partial charge >= 0.3 is 0 Å². The fourth-order valence-electron chi connectivity index (χ4n) is 3.67. The number of hydrogen-bond acceptors (Lipinski definition) is 3. The molecule has 0 unspecified atom stereocenters. The summed E-state index contributed by atoms with van der Waals surface area (Å²) in [6.07, 6.45) is 0. The molecule has 0 fully saturated rings. The molecule has 0 atom stereocenters. The van der Waals surface area contributed by atoms with Gasteiger partial charge in [-0.2, -0.15) is 0 Å². The molecule has 0 saturated heterocycles. The van der Waals surface area contributed by atoms with E-state index in [1.165, 1.54) is 0 Å². The first-order valence-electron chi connectivity index (χ1n) is 9.34. The van der Waals surface area contributed by atoms with Crippen LogP contribution in [0.3, 0.4) is 0 Å². The summed E-state index contributed by atoms with van der Waals surface area (Å²) in [5, 5.41) is 13.6. The Bertz CT molecular complexity index is 963. The minimum absolute atomic E-state index is 0.104. The van der Waals surface area contributed by atoms with E-state index in [9.17, 15) is 9.90 Å². The molecular weight excluding hydrogens is 324 g/mol. The minimum atomic E-state index is -0.205. The number of aromatic amines is 1. The van der Waals surface area contributed by atoms with E-state index in [1.54, 1.807) is 0 Å². The Morgan fingerprint density at radius 3 is 2.27 bits per heavy atom. The first-order valence-corrected chi connectivity index (χ1v) is 9.34. The van der Waals surface area contributed by atoms with Crippen molar-refractivity contribution in [3.63, 3.8) is 0 Å². The van der Waals surface area contributed by atoms with Crippen LogP contribution in [0.2, 0.25) is 0 Å². The van der Waals surface area contributed by atoms with Crippen molar-refractivity contribution in [2.45, 2.75) is 34.2 Å². The van der Waals surface area contributed by atoms with Crippen molar-refractivity contribution in [2.75, 3.05) is 13.1 Å². The average Bonchev–Trinajstić information content (AvgIpc) is 2.57. The molecule has 3 rings (SSSR count). The highest BCUT2D eigenvalue weighted by Gasteiger charge is 2.18. The smallest absolute Gasteiger partial charge is 0.256 e. The lowest BCUT2D eigenvalue weighted by Crippen LogP contribution is -2.33. The van der Waals surface area contributed by atoms with Gasteiger partial charge in [0.05, 0.1) is 11.1 Å². The second kappa shape index (κ2) is 7.50.